The number of hydrogen-bond donors (Lipinski definition) is 1. The summed E-state index contributed by atoms with van der Waals surface area (Å²) in [7, 11) is 0. The Morgan fingerprint density at radius 3 is 2.40 bits per heavy atom. The predicted molar refractivity (Wildman–Crippen MR) is 65.2 cm³/mol. The number of nitrogens with one attached hydrogen (secondary N) is 1. The van der Waals surface area contributed by atoms with Crippen molar-refractivity contribution in [1.29, 1.82) is 0 Å². The third kappa shape index (κ3) is 4.12. The van der Waals surface area contributed by atoms with Gasteiger partial charge < -0.3 is 10.2 Å². The van der Waals surface area contributed by atoms with E-state index in [0.29, 0.717) is 0 Å². The second kappa shape index (κ2) is 6.49. The fraction of sp³-hybridized carbons (Fsp3) is 1.00. The molecule has 2 nitrogen and oxygen atoms in total. The van der Waals surface area contributed by atoms with Crippen molar-refractivity contribution in [2.75, 3.05) is 26.2 Å². The van der Waals surface area contributed by atoms with Crippen LogP contribution in [0.5, 0.6) is 0 Å². The summed E-state index contributed by atoms with van der Waals surface area (Å²) in [5.41, 5.74) is 0. The molecule has 2 aliphatic heterocycles. The van der Waals surface area contributed by atoms with Crippen molar-refractivity contribution < 1.29 is 0 Å². The highest BCUT2D eigenvalue weighted by molar-refractivity contribution is 4.76. The third-order valence-electron chi connectivity index (χ3n) is 3.84. The van der Waals surface area contributed by atoms with E-state index in [1.54, 1.807) is 0 Å². The molecule has 2 heteroatoms. The third-order valence-corrected chi connectivity index (χ3v) is 3.84. The van der Waals surface area contributed by atoms with E-state index >= 15 is 0 Å². The van der Waals surface area contributed by atoms with Gasteiger partial charge in [0, 0.05) is 12.6 Å². The number of nitrogens with zero attached hydrogens (tertiary/aromatic N) is 1. The average molecular weight is 210 g/mol. The van der Waals surface area contributed by atoms with Crippen LogP contribution in [-0.2, 0) is 0 Å². The predicted octanol–water partition coefficient (Wildman–Crippen LogP) is 2.39. The molecule has 0 spiro atoms. The minimum atomic E-state index is 0.783. The van der Waals surface area contributed by atoms with E-state index in [0.717, 1.165) is 6.04 Å². The van der Waals surface area contributed by atoms with Gasteiger partial charge in [0.15, 0.2) is 0 Å². The van der Waals surface area contributed by atoms with Crippen molar-refractivity contribution in [1.82, 2.24) is 10.2 Å². The first-order chi connectivity index (χ1) is 7.45. The molecule has 2 rings (SSSR count). The molecule has 1 atom stereocenters. The first-order valence-corrected chi connectivity index (χ1v) is 6.91. The Labute approximate surface area is 94.4 Å². The van der Waals surface area contributed by atoms with Gasteiger partial charge in [-0.3, -0.25) is 0 Å². The van der Waals surface area contributed by atoms with Crippen LogP contribution >= 0.6 is 0 Å². The summed E-state index contributed by atoms with van der Waals surface area (Å²) in [6, 6.07) is 0.783. The number of likely N-dealkylation sites (tertiary alicyclic amines) is 1. The maximum atomic E-state index is 3.71. The van der Waals surface area contributed by atoms with Crippen LogP contribution in [0.2, 0.25) is 0 Å². The Morgan fingerprint density at radius 1 is 0.867 bits per heavy atom. The second-order valence-electron chi connectivity index (χ2n) is 5.22. The molecule has 0 aromatic carbocycles. The quantitative estimate of drug-likeness (QED) is 0.753. The van der Waals surface area contributed by atoms with Crippen molar-refractivity contribution >= 4 is 0 Å². The molecule has 0 radical (unpaired) electrons. The van der Waals surface area contributed by atoms with Crippen molar-refractivity contribution in [3.63, 3.8) is 0 Å². The fourth-order valence-electron chi connectivity index (χ4n) is 2.89. The van der Waals surface area contributed by atoms with E-state index in [-0.39, 0.29) is 0 Å². The van der Waals surface area contributed by atoms with E-state index in [4.69, 9.17) is 0 Å². The van der Waals surface area contributed by atoms with E-state index in [1.807, 2.05) is 0 Å². The highest BCUT2D eigenvalue weighted by Crippen LogP contribution is 2.13. The maximum absolute atomic E-state index is 3.71. The van der Waals surface area contributed by atoms with Crippen LogP contribution in [0.1, 0.15) is 51.4 Å². The second-order valence-corrected chi connectivity index (χ2v) is 5.22. The summed E-state index contributed by atoms with van der Waals surface area (Å²) in [6.45, 7) is 5.24. The molecule has 2 fully saturated rings. The first-order valence-electron chi connectivity index (χ1n) is 6.91. The molecule has 0 saturated carbocycles. The lowest BCUT2D eigenvalue weighted by Crippen LogP contribution is -2.41. The smallest absolute Gasteiger partial charge is 0.0195 e. The van der Waals surface area contributed by atoms with E-state index < -0.39 is 0 Å². The van der Waals surface area contributed by atoms with Gasteiger partial charge in [0.1, 0.15) is 0 Å². The van der Waals surface area contributed by atoms with Gasteiger partial charge >= 0.3 is 0 Å². The molecule has 1 N–H and O–H groups in total. The zero-order valence-corrected chi connectivity index (χ0v) is 10.0. The molecular weight excluding hydrogens is 184 g/mol. The van der Waals surface area contributed by atoms with Crippen LogP contribution in [0.15, 0.2) is 0 Å². The van der Waals surface area contributed by atoms with Gasteiger partial charge in [-0.1, -0.05) is 25.7 Å². The minimum Gasteiger partial charge on any atom is -0.313 e. The lowest BCUT2D eigenvalue weighted by molar-refractivity contribution is 0.247. The SMILES string of the molecule is C1CCN[C@@H](CN2CCCCCC2)CC1. The van der Waals surface area contributed by atoms with Crippen molar-refractivity contribution in [2.24, 2.45) is 0 Å². The number of hydrogen-bond acceptors (Lipinski definition) is 2. The maximum Gasteiger partial charge on any atom is 0.0195 e. The van der Waals surface area contributed by atoms with Gasteiger partial charge in [-0.25, -0.2) is 0 Å². The van der Waals surface area contributed by atoms with Crippen LogP contribution in [0.4, 0.5) is 0 Å². The summed E-state index contributed by atoms with van der Waals surface area (Å²) < 4.78 is 0. The lowest BCUT2D eigenvalue weighted by Gasteiger charge is -2.26. The molecule has 15 heavy (non-hydrogen) atoms. The normalized spacial score (nSPS) is 30.8. The molecule has 88 valence electrons. The molecule has 0 aromatic rings. The highest BCUT2D eigenvalue weighted by atomic mass is 15.1. The number of rotatable bonds is 2. The molecule has 0 bridgehead atoms. The van der Waals surface area contributed by atoms with Gasteiger partial charge in [-0.2, -0.15) is 0 Å². The molecule has 2 saturated heterocycles. The molecule has 0 unspecified atom stereocenters. The standard InChI is InChI=1S/C13H26N2/c1-2-7-11-15(10-6-1)12-13-8-4-3-5-9-14-13/h13-14H,1-12H2/t13-/m1/s1. The largest absolute Gasteiger partial charge is 0.313 e. The van der Waals surface area contributed by atoms with Crippen LogP contribution < -0.4 is 5.32 Å². The van der Waals surface area contributed by atoms with Gasteiger partial charge in [0.05, 0.1) is 0 Å². The van der Waals surface area contributed by atoms with Gasteiger partial charge in [-0.15, -0.1) is 0 Å². The van der Waals surface area contributed by atoms with Crippen LogP contribution in [0.3, 0.4) is 0 Å². The van der Waals surface area contributed by atoms with E-state index in [9.17, 15) is 0 Å². The molecule has 0 aromatic heterocycles. The van der Waals surface area contributed by atoms with Crippen molar-refractivity contribution in [3.8, 4) is 0 Å². The van der Waals surface area contributed by atoms with E-state index in [1.165, 1.54) is 77.5 Å². The molecule has 2 heterocycles. The summed E-state index contributed by atoms with van der Waals surface area (Å²) in [5.74, 6) is 0. The Balaban J connectivity index is 1.73. The van der Waals surface area contributed by atoms with Crippen LogP contribution in [0, 0.1) is 0 Å². The van der Waals surface area contributed by atoms with Crippen molar-refractivity contribution in [3.05, 3.63) is 0 Å². The topological polar surface area (TPSA) is 15.3 Å². The van der Waals surface area contributed by atoms with Crippen molar-refractivity contribution in [2.45, 2.75) is 57.4 Å². The van der Waals surface area contributed by atoms with Gasteiger partial charge in [-0.05, 0) is 45.3 Å². The monoisotopic (exact) mass is 210 g/mol. The van der Waals surface area contributed by atoms with E-state index in [2.05, 4.69) is 10.2 Å². The summed E-state index contributed by atoms with van der Waals surface area (Å²) in [4.78, 5) is 2.69. The fourth-order valence-corrected chi connectivity index (χ4v) is 2.89. The molecule has 2 aliphatic rings. The molecular formula is C13H26N2. The molecule has 0 amide bonds. The molecule has 0 aliphatic carbocycles. The summed E-state index contributed by atoms with van der Waals surface area (Å²) >= 11 is 0. The van der Waals surface area contributed by atoms with Crippen LogP contribution in [-0.4, -0.2) is 37.1 Å². The zero-order chi connectivity index (χ0) is 10.3. The van der Waals surface area contributed by atoms with Crippen LogP contribution in [0.25, 0.3) is 0 Å². The average Bonchev–Trinajstić information content (AvgIpc) is 2.63. The Hall–Kier alpha value is -0.0800. The van der Waals surface area contributed by atoms with Gasteiger partial charge in [0.25, 0.3) is 0 Å². The lowest BCUT2D eigenvalue weighted by atomic mass is 10.1. The summed E-state index contributed by atoms with van der Waals surface area (Å²) in [5, 5.41) is 3.71. The summed E-state index contributed by atoms with van der Waals surface area (Å²) in [6.07, 6.45) is 11.4. The zero-order valence-electron chi connectivity index (χ0n) is 10.0. The minimum absolute atomic E-state index is 0.783. The Bertz CT molecular complexity index is 136. The first kappa shape index (κ1) is 11.4. The van der Waals surface area contributed by atoms with Gasteiger partial charge in [0.2, 0.25) is 0 Å². The Morgan fingerprint density at radius 2 is 1.60 bits per heavy atom. The Kier molecular flexibility index (Phi) is 4.94. The highest BCUT2D eigenvalue weighted by Gasteiger charge is 2.16.